The van der Waals surface area contributed by atoms with E-state index in [0.717, 1.165) is 5.92 Å². The second kappa shape index (κ2) is 5.05. The summed E-state index contributed by atoms with van der Waals surface area (Å²) in [6.45, 7) is 11.1. The molecule has 1 unspecified atom stereocenters. The second-order valence-electron chi connectivity index (χ2n) is 5.39. The fourth-order valence-corrected chi connectivity index (χ4v) is 2.68. The molecule has 1 heteroatoms. The van der Waals surface area contributed by atoms with Crippen LogP contribution < -0.4 is 0 Å². The number of rotatable bonds is 3. The largest absolute Gasteiger partial charge is 0.291 e. The molecule has 0 amide bonds. The van der Waals surface area contributed by atoms with E-state index in [1.165, 1.54) is 31.5 Å². The van der Waals surface area contributed by atoms with Gasteiger partial charge in [0.2, 0.25) is 0 Å². The lowest BCUT2D eigenvalue weighted by Gasteiger charge is -2.43. The molecule has 92 valence electrons. The summed E-state index contributed by atoms with van der Waals surface area (Å²) in [6.07, 6.45) is 4.70. The van der Waals surface area contributed by atoms with E-state index in [0.29, 0.717) is 0 Å². The molecule has 0 aromatic heterocycles. The van der Waals surface area contributed by atoms with Crippen molar-refractivity contribution in [2.45, 2.75) is 32.2 Å². The van der Waals surface area contributed by atoms with Crippen LogP contribution in [0.15, 0.2) is 43.0 Å². The van der Waals surface area contributed by atoms with Crippen molar-refractivity contribution in [2.75, 3.05) is 13.1 Å². The molecule has 17 heavy (non-hydrogen) atoms. The average molecular weight is 229 g/mol. The van der Waals surface area contributed by atoms with E-state index in [1.54, 1.807) is 0 Å². The van der Waals surface area contributed by atoms with Crippen LogP contribution in [0.3, 0.4) is 0 Å². The molecular weight excluding hydrogens is 206 g/mol. The van der Waals surface area contributed by atoms with E-state index in [4.69, 9.17) is 0 Å². The van der Waals surface area contributed by atoms with Crippen molar-refractivity contribution in [2.24, 2.45) is 5.92 Å². The molecular formula is C16H23N. The lowest BCUT2D eigenvalue weighted by Crippen LogP contribution is -2.46. The maximum atomic E-state index is 4.06. The van der Waals surface area contributed by atoms with Gasteiger partial charge in [-0.1, -0.05) is 43.3 Å². The summed E-state index contributed by atoms with van der Waals surface area (Å²) in [6, 6.07) is 10.7. The van der Waals surface area contributed by atoms with E-state index >= 15 is 0 Å². The van der Waals surface area contributed by atoms with E-state index < -0.39 is 0 Å². The Kier molecular flexibility index (Phi) is 3.68. The van der Waals surface area contributed by atoms with Crippen LogP contribution >= 0.6 is 0 Å². The first-order valence-corrected chi connectivity index (χ1v) is 6.61. The van der Waals surface area contributed by atoms with E-state index in [1.807, 2.05) is 0 Å². The predicted octanol–water partition coefficient (Wildman–Crippen LogP) is 3.82. The second-order valence-corrected chi connectivity index (χ2v) is 5.39. The zero-order valence-corrected chi connectivity index (χ0v) is 11.0. The highest BCUT2D eigenvalue weighted by Crippen LogP contribution is 2.33. The molecule has 1 saturated heterocycles. The zero-order valence-electron chi connectivity index (χ0n) is 11.0. The molecule has 1 aliphatic rings. The van der Waals surface area contributed by atoms with Crippen molar-refractivity contribution >= 4 is 0 Å². The Hall–Kier alpha value is -1.08. The minimum Gasteiger partial charge on any atom is -0.291 e. The third-order valence-corrected chi connectivity index (χ3v) is 4.20. The Morgan fingerprint density at radius 3 is 2.35 bits per heavy atom. The first-order valence-electron chi connectivity index (χ1n) is 6.61. The highest BCUT2D eigenvalue weighted by molar-refractivity contribution is 5.28. The lowest BCUT2D eigenvalue weighted by atomic mass is 9.86. The van der Waals surface area contributed by atoms with E-state index in [2.05, 4.69) is 61.7 Å². The van der Waals surface area contributed by atoms with Crippen LogP contribution in [0, 0.1) is 5.92 Å². The van der Waals surface area contributed by atoms with Crippen molar-refractivity contribution < 1.29 is 0 Å². The normalized spacial score (nSPS) is 22.0. The molecule has 1 nitrogen and oxygen atoms in total. The molecule has 0 N–H and O–H groups in total. The number of benzene rings is 1. The first-order chi connectivity index (χ1) is 8.16. The Morgan fingerprint density at radius 2 is 1.82 bits per heavy atom. The smallest absolute Gasteiger partial charge is 0.0614 e. The number of nitrogens with zero attached hydrogens (tertiary/aromatic N) is 1. The van der Waals surface area contributed by atoms with Gasteiger partial charge < -0.3 is 0 Å². The Balaban J connectivity index is 2.22. The lowest BCUT2D eigenvalue weighted by molar-refractivity contribution is 0.0977. The quantitative estimate of drug-likeness (QED) is 0.712. The molecule has 0 saturated carbocycles. The third-order valence-electron chi connectivity index (χ3n) is 4.20. The van der Waals surface area contributed by atoms with Crippen molar-refractivity contribution in [3.8, 4) is 0 Å². The summed E-state index contributed by atoms with van der Waals surface area (Å²) in [5, 5.41) is 0. The molecule has 0 aliphatic carbocycles. The van der Waals surface area contributed by atoms with Crippen LogP contribution in [-0.2, 0) is 5.54 Å². The summed E-state index contributed by atoms with van der Waals surface area (Å²) in [5.41, 5.74) is 1.34. The summed E-state index contributed by atoms with van der Waals surface area (Å²) in [4.78, 5) is 2.56. The van der Waals surface area contributed by atoms with Crippen LogP contribution in [0.2, 0.25) is 0 Å². The third kappa shape index (κ3) is 2.44. The van der Waals surface area contributed by atoms with Gasteiger partial charge in [0.1, 0.15) is 0 Å². The number of hydrogen-bond donors (Lipinski definition) is 0. The fraction of sp³-hybridized carbons (Fsp3) is 0.500. The summed E-state index contributed by atoms with van der Waals surface area (Å²) in [7, 11) is 0. The maximum Gasteiger partial charge on any atom is 0.0614 e. The van der Waals surface area contributed by atoms with Gasteiger partial charge >= 0.3 is 0 Å². The van der Waals surface area contributed by atoms with Crippen LogP contribution in [-0.4, -0.2) is 18.0 Å². The van der Waals surface area contributed by atoms with Gasteiger partial charge in [-0.2, -0.15) is 0 Å². The van der Waals surface area contributed by atoms with Crippen LogP contribution in [0.5, 0.6) is 0 Å². The molecule has 0 bridgehead atoms. The van der Waals surface area contributed by atoms with Crippen LogP contribution in [0.4, 0.5) is 0 Å². The first kappa shape index (κ1) is 12.4. The fourth-order valence-electron chi connectivity index (χ4n) is 2.68. The van der Waals surface area contributed by atoms with Gasteiger partial charge in [-0.05, 0) is 44.3 Å². The van der Waals surface area contributed by atoms with Crippen molar-refractivity contribution in [3.05, 3.63) is 48.6 Å². The number of hydrogen-bond acceptors (Lipinski definition) is 1. The standard InChI is InChI=1S/C16H23N/c1-4-16(3,15-8-6-5-7-9-15)17-12-10-14(2)11-13-17/h4-9,14H,1,10-13H2,2-3H3. The number of piperidine rings is 1. The molecule has 1 atom stereocenters. The minimum absolute atomic E-state index is 0.0125. The highest BCUT2D eigenvalue weighted by atomic mass is 15.2. The van der Waals surface area contributed by atoms with Crippen molar-refractivity contribution in [3.63, 3.8) is 0 Å². The van der Waals surface area contributed by atoms with Gasteiger partial charge in [0, 0.05) is 0 Å². The van der Waals surface area contributed by atoms with Gasteiger partial charge in [0.25, 0.3) is 0 Å². The topological polar surface area (TPSA) is 3.24 Å². The molecule has 0 radical (unpaired) electrons. The Morgan fingerprint density at radius 1 is 1.24 bits per heavy atom. The number of likely N-dealkylation sites (tertiary alicyclic amines) is 1. The summed E-state index contributed by atoms with van der Waals surface area (Å²) in [5.74, 6) is 0.871. The maximum absolute atomic E-state index is 4.06. The molecule has 1 aromatic rings. The van der Waals surface area contributed by atoms with Gasteiger partial charge in [-0.25, -0.2) is 0 Å². The monoisotopic (exact) mass is 229 g/mol. The van der Waals surface area contributed by atoms with Gasteiger partial charge in [0.15, 0.2) is 0 Å². The average Bonchev–Trinajstić information content (AvgIpc) is 2.40. The molecule has 1 heterocycles. The molecule has 0 spiro atoms. The van der Waals surface area contributed by atoms with E-state index in [-0.39, 0.29) is 5.54 Å². The molecule has 1 aliphatic heterocycles. The minimum atomic E-state index is -0.0125. The van der Waals surface area contributed by atoms with Crippen molar-refractivity contribution in [1.29, 1.82) is 0 Å². The van der Waals surface area contributed by atoms with Gasteiger partial charge in [-0.3, -0.25) is 4.90 Å². The van der Waals surface area contributed by atoms with Crippen LogP contribution in [0.1, 0.15) is 32.3 Å². The van der Waals surface area contributed by atoms with Crippen LogP contribution in [0.25, 0.3) is 0 Å². The SMILES string of the molecule is C=CC(C)(c1ccccc1)N1CCC(C)CC1. The Bertz CT molecular complexity index is 362. The molecule has 1 fully saturated rings. The predicted molar refractivity (Wildman–Crippen MR) is 74.0 cm³/mol. The molecule has 1 aromatic carbocycles. The summed E-state index contributed by atoms with van der Waals surface area (Å²) < 4.78 is 0. The van der Waals surface area contributed by atoms with Gasteiger partial charge in [0.05, 0.1) is 5.54 Å². The summed E-state index contributed by atoms with van der Waals surface area (Å²) >= 11 is 0. The highest BCUT2D eigenvalue weighted by Gasteiger charge is 2.32. The zero-order chi connectivity index (χ0) is 12.3. The Labute approximate surface area is 105 Å². The van der Waals surface area contributed by atoms with Gasteiger partial charge in [-0.15, -0.1) is 6.58 Å². The molecule has 2 rings (SSSR count). The van der Waals surface area contributed by atoms with Crippen molar-refractivity contribution in [1.82, 2.24) is 4.90 Å². The van der Waals surface area contributed by atoms with E-state index in [9.17, 15) is 0 Å².